The minimum Gasteiger partial charge on any atom is -0.325 e. The molecule has 0 aromatic rings. The van der Waals surface area contributed by atoms with Crippen LogP contribution in [0.3, 0.4) is 0 Å². The summed E-state index contributed by atoms with van der Waals surface area (Å²) in [6.45, 7) is 11.8. The third kappa shape index (κ3) is 2.69. The van der Waals surface area contributed by atoms with Crippen LogP contribution in [0.2, 0.25) is 0 Å². The van der Waals surface area contributed by atoms with Crippen LogP contribution in [-0.2, 0) is 4.79 Å². The molecule has 0 aromatic heterocycles. The number of amides is 1. The summed E-state index contributed by atoms with van der Waals surface area (Å²) < 4.78 is 0. The van der Waals surface area contributed by atoms with Crippen molar-refractivity contribution in [3.63, 3.8) is 0 Å². The van der Waals surface area contributed by atoms with Crippen molar-refractivity contribution in [2.75, 3.05) is 19.6 Å². The summed E-state index contributed by atoms with van der Waals surface area (Å²) in [4.78, 5) is 16.9. The summed E-state index contributed by atoms with van der Waals surface area (Å²) in [5.74, 6) is 0.649. The first-order chi connectivity index (χ1) is 8.50. The van der Waals surface area contributed by atoms with E-state index in [9.17, 15) is 4.79 Å². The largest absolute Gasteiger partial charge is 0.325 e. The first-order valence-corrected chi connectivity index (χ1v) is 7.31. The van der Waals surface area contributed by atoms with Gasteiger partial charge < -0.3 is 4.90 Å². The van der Waals surface area contributed by atoms with E-state index in [2.05, 4.69) is 37.9 Å². The van der Waals surface area contributed by atoms with Gasteiger partial charge in [0.15, 0.2) is 0 Å². The molecule has 2 heterocycles. The molecule has 0 radical (unpaired) electrons. The second kappa shape index (κ2) is 5.57. The molecule has 0 aromatic carbocycles. The molecule has 2 saturated heterocycles. The van der Waals surface area contributed by atoms with Crippen molar-refractivity contribution in [2.45, 2.75) is 58.8 Å². The lowest BCUT2D eigenvalue weighted by Crippen LogP contribution is -2.45. The zero-order valence-corrected chi connectivity index (χ0v) is 12.1. The van der Waals surface area contributed by atoms with E-state index >= 15 is 0 Å². The predicted molar refractivity (Wildman–Crippen MR) is 73.2 cm³/mol. The van der Waals surface area contributed by atoms with Gasteiger partial charge in [0.25, 0.3) is 0 Å². The van der Waals surface area contributed by atoms with E-state index < -0.39 is 0 Å². The maximum absolute atomic E-state index is 12.4. The zero-order valence-electron chi connectivity index (χ0n) is 12.1. The molecule has 0 aliphatic carbocycles. The van der Waals surface area contributed by atoms with E-state index in [0.717, 1.165) is 6.54 Å². The SMILES string of the molecule is CC(C)C1NC(C)N(CC(C)N2CCCC2)C1=O. The van der Waals surface area contributed by atoms with Gasteiger partial charge in [0.05, 0.1) is 12.2 Å². The van der Waals surface area contributed by atoms with Crippen molar-refractivity contribution in [3.8, 4) is 0 Å². The number of carbonyl (C=O) groups excluding carboxylic acids is 1. The summed E-state index contributed by atoms with van der Waals surface area (Å²) in [5, 5.41) is 3.41. The molecular formula is C14H27N3O. The van der Waals surface area contributed by atoms with Gasteiger partial charge in [0.1, 0.15) is 0 Å². The minimum atomic E-state index is 0.00535. The molecule has 4 nitrogen and oxygen atoms in total. The van der Waals surface area contributed by atoms with Crippen LogP contribution in [0.15, 0.2) is 0 Å². The van der Waals surface area contributed by atoms with E-state index in [1.165, 1.54) is 25.9 Å². The van der Waals surface area contributed by atoms with Gasteiger partial charge in [-0.25, -0.2) is 0 Å². The molecule has 3 atom stereocenters. The van der Waals surface area contributed by atoms with E-state index in [0.29, 0.717) is 12.0 Å². The molecule has 2 aliphatic rings. The molecule has 0 saturated carbocycles. The Morgan fingerprint density at radius 1 is 1.28 bits per heavy atom. The highest BCUT2D eigenvalue weighted by molar-refractivity contribution is 5.84. The molecule has 4 heteroatoms. The van der Waals surface area contributed by atoms with Gasteiger partial charge >= 0.3 is 0 Å². The molecule has 0 bridgehead atoms. The number of carbonyl (C=O) groups is 1. The zero-order chi connectivity index (χ0) is 13.3. The topological polar surface area (TPSA) is 35.6 Å². The maximum Gasteiger partial charge on any atom is 0.241 e. The van der Waals surface area contributed by atoms with Gasteiger partial charge in [-0.1, -0.05) is 13.8 Å². The van der Waals surface area contributed by atoms with Crippen LogP contribution in [0.4, 0.5) is 0 Å². The quantitative estimate of drug-likeness (QED) is 0.819. The Bertz CT molecular complexity index is 299. The van der Waals surface area contributed by atoms with Gasteiger partial charge in [0.2, 0.25) is 5.91 Å². The fraction of sp³-hybridized carbons (Fsp3) is 0.929. The number of nitrogens with one attached hydrogen (secondary N) is 1. The third-order valence-corrected chi connectivity index (χ3v) is 4.33. The first kappa shape index (κ1) is 13.8. The average molecular weight is 253 g/mol. The Labute approximate surface area is 111 Å². The van der Waals surface area contributed by atoms with Crippen molar-refractivity contribution in [1.82, 2.24) is 15.1 Å². The summed E-state index contributed by atoms with van der Waals surface area (Å²) >= 11 is 0. The fourth-order valence-corrected chi connectivity index (χ4v) is 3.10. The number of hydrogen-bond acceptors (Lipinski definition) is 3. The molecule has 1 N–H and O–H groups in total. The van der Waals surface area contributed by atoms with Crippen LogP contribution in [-0.4, -0.2) is 53.6 Å². The van der Waals surface area contributed by atoms with E-state index in [1.54, 1.807) is 0 Å². The molecule has 2 aliphatic heterocycles. The van der Waals surface area contributed by atoms with Crippen molar-refractivity contribution >= 4 is 5.91 Å². The Morgan fingerprint density at radius 3 is 2.39 bits per heavy atom. The predicted octanol–water partition coefficient (Wildman–Crippen LogP) is 1.27. The van der Waals surface area contributed by atoms with Crippen LogP contribution >= 0.6 is 0 Å². The summed E-state index contributed by atoms with van der Waals surface area (Å²) in [6, 6.07) is 0.484. The van der Waals surface area contributed by atoms with Crippen molar-refractivity contribution in [2.24, 2.45) is 5.92 Å². The normalized spacial score (nSPS) is 31.6. The number of hydrogen-bond donors (Lipinski definition) is 1. The van der Waals surface area contributed by atoms with Crippen LogP contribution in [0.1, 0.15) is 40.5 Å². The summed E-state index contributed by atoms with van der Waals surface area (Å²) in [5.41, 5.74) is 0. The molecule has 2 rings (SSSR count). The Balaban J connectivity index is 1.94. The highest BCUT2D eigenvalue weighted by atomic mass is 16.2. The van der Waals surface area contributed by atoms with E-state index in [-0.39, 0.29) is 18.1 Å². The fourth-order valence-electron chi connectivity index (χ4n) is 3.10. The van der Waals surface area contributed by atoms with E-state index in [1.807, 2.05) is 4.90 Å². The van der Waals surface area contributed by atoms with Crippen LogP contribution in [0.5, 0.6) is 0 Å². The molecule has 18 heavy (non-hydrogen) atoms. The lowest BCUT2D eigenvalue weighted by atomic mass is 10.0. The van der Waals surface area contributed by atoms with Gasteiger partial charge in [0, 0.05) is 12.6 Å². The average Bonchev–Trinajstić information content (AvgIpc) is 2.92. The monoisotopic (exact) mass is 253 g/mol. The second-order valence-electron chi connectivity index (χ2n) is 6.15. The van der Waals surface area contributed by atoms with Crippen molar-refractivity contribution < 1.29 is 4.79 Å². The van der Waals surface area contributed by atoms with Gasteiger partial charge in [-0.3, -0.25) is 15.0 Å². The van der Waals surface area contributed by atoms with Crippen LogP contribution in [0, 0.1) is 5.92 Å². The lowest BCUT2D eigenvalue weighted by molar-refractivity contribution is -0.131. The Morgan fingerprint density at radius 2 is 1.89 bits per heavy atom. The lowest BCUT2D eigenvalue weighted by Gasteiger charge is -2.30. The number of likely N-dealkylation sites (tertiary alicyclic amines) is 1. The number of rotatable bonds is 4. The summed E-state index contributed by atoms with van der Waals surface area (Å²) in [7, 11) is 0. The third-order valence-electron chi connectivity index (χ3n) is 4.33. The highest BCUT2D eigenvalue weighted by Crippen LogP contribution is 2.19. The number of nitrogens with zero attached hydrogens (tertiary/aromatic N) is 2. The van der Waals surface area contributed by atoms with Crippen LogP contribution < -0.4 is 5.32 Å². The highest BCUT2D eigenvalue weighted by Gasteiger charge is 2.38. The van der Waals surface area contributed by atoms with Crippen LogP contribution in [0.25, 0.3) is 0 Å². The summed E-state index contributed by atoms with van der Waals surface area (Å²) in [6.07, 6.45) is 2.79. The molecule has 3 unspecified atom stereocenters. The van der Waals surface area contributed by atoms with Gasteiger partial charge in [-0.2, -0.15) is 0 Å². The van der Waals surface area contributed by atoms with Gasteiger partial charge in [-0.15, -0.1) is 0 Å². The Kier molecular flexibility index (Phi) is 4.28. The molecular weight excluding hydrogens is 226 g/mol. The maximum atomic E-state index is 12.4. The second-order valence-corrected chi connectivity index (χ2v) is 6.15. The standard InChI is InChI=1S/C14H27N3O/c1-10(2)13-14(18)17(12(4)15-13)9-11(3)16-7-5-6-8-16/h10-13,15H,5-9H2,1-4H3. The van der Waals surface area contributed by atoms with Gasteiger partial charge in [-0.05, 0) is 45.7 Å². The van der Waals surface area contributed by atoms with Crippen molar-refractivity contribution in [3.05, 3.63) is 0 Å². The van der Waals surface area contributed by atoms with E-state index in [4.69, 9.17) is 0 Å². The molecule has 1 amide bonds. The Hall–Kier alpha value is -0.610. The molecule has 104 valence electrons. The van der Waals surface area contributed by atoms with Crippen molar-refractivity contribution in [1.29, 1.82) is 0 Å². The molecule has 2 fully saturated rings. The first-order valence-electron chi connectivity index (χ1n) is 7.31. The molecule has 0 spiro atoms. The smallest absolute Gasteiger partial charge is 0.241 e. The minimum absolute atomic E-state index is 0.00535.